The monoisotopic (exact) mass is 291 g/mol. The van der Waals surface area contributed by atoms with Crippen molar-refractivity contribution in [3.8, 4) is 0 Å². The lowest BCUT2D eigenvalue weighted by molar-refractivity contribution is 0.830. The molecule has 3 heteroatoms. The maximum Gasteiger partial charge on any atom is 0.0438 e. The van der Waals surface area contributed by atoms with E-state index in [0.29, 0.717) is 0 Å². The van der Waals surface area contributed by atoms with Gasteiger partial charge in [0.25, 0.3) is 0 Å². The second kappa shape index (κ2) is 6.47. The third-order valence-electron chi connectivity index (χ3n) is 3.14. The van der Waals surface area contributed by atoms with E-state index in [4.69, 9.17) is 17.3 Å². The molecule has 1 nitrogen and oxygen atoms in total. The van der Waals surface area contributed by atoms with Crippen LogP contribution < -0.4 is 5.73 Å². The first kappa shape index (κ1) is 14.4. The highest BCUT2D eigenvalue weighted by Gasteiger charge is 2.09. The van der Waals surface area contributed by atoms with Gasteiger partial charge in [-0.25, -0.2) is 0 Å². The summed E-state index contributed by atoms with van der Waals surface area (Å²) in [4.78, 5) is 1.29. The number of thioether (sulfide) groups is 1. The summed E-state index contributed by atoms with van der Waals surface area (Å²) in [7, 11) is 0. The van der Waals surface area contributed by atoms with Crippen molar-refractivity contribution >= 4 is 23.4 Å². The standard InChI is InChI=1S/C16H18ClNS/c1-11-7-8-13(9-14(11)17)15(18)10-19-16-6-4-3-5-12(16)2/h3-9,15H,10,18H2,1-2H3. The smallest absolute Gasteiger partial charge is 0.0438 e. The zero-order valence-electron chi connectivity index (χ0n) is 11.2. The van der Waals surface area contributed by atoms with E-state index in [-0.39, 0.29) is 6.04 Å². The average Bonchev–Trinajstić information content (AvgIpc) is 2.40. The van der Waals surface area contributed by atoms with Crippen molar-refractivity contribution in [2.24, 2.45) is 5.73 Å². The Hall–Kier alpha value is -0.960. The summed E-state index contributed by atoms with van der Waals surface area (Å²) in [6, 6.07) is 14.4. The summed E-state index contributed by atoms with van der Waals surface area (Å²) in [5.74, 6) is 0.851. The van der Waals surface area contributed by atoms with E-state index in [0.717, 1.165) is 21.9 Å². The molecule has 0 aliphatic rings. The van der Waals surface area contributed by atoms with Gasteiger partial charge in [0.1, 0.15) is 0 Å². The minimum atomic E-state index is 0.00251. The van der Waals surface area contributed by atoms with Crippen molar-refractivity contribution in [2.45, 2.75) is 24.8 Å². The third kappa shape index (κ3) is 3.75. The first-order valence-corrected chi connectivity index (χ1v) is 7.64. The summed E-state index contributed by atoms with van der Waals surface area (Å²) < 4.78 is 0. The Morgan fingerprint density at radius 3 is 2.53 bits per heavy atom. The van der Waals surface area contributed by atoms with E-state index < -0.39 is 0 Å². The number of halogens is 1. The van der Waals surface area contributed by atoms with Crippen molar-refractivity contribution in [3.05, 3.63) is 64.2 Å². The van der Waals surface area contributed by atoms with E-state index in [9.17, 15) is 0 Å². The van der Waals surface area contributed by atoms with Gasteiger partial charge in [-0.3, -0.25) is 0 Å². The fourth-order valence-electron chi connectivity index (χ4n) is 1.83. The zero-order chi connectivity index (χ0) is 13.8. The lowest BCUT2D eigenvalue weighted by atomic mass is 10.1. The van der Waals surface area contributed by atoms with Gasteiger partial charge >= 0.3 is 0 Å². The van der Waals surface area contributed by atoms with E-state index in [1.54, 1.807) is 11.8 Å². The summed E-state index contributed by atoms with van der Waals surface area (Å²) in [6.07, 6.45) is 0. The number of hydrogen-bond donors (Lipinski definition) is 1. The molecule has 2 aromatic carbocycles. The van der Waals surface area contributed by atoms with Gasteiger partial charge in [0, 0.05) is 21.7 Å². The van der Waals surface area contributed by atoms with Crippen LogP contribution in [0.1, 0.15) is 22.7 Å². The van der Waals surface area contributed by atoms with Crippen molar-refractivity contribution in [3.63, 3.8) is 0 Å². The highest BCUT2D eigenvalue weighted by molar-refractivity contribution is 7.99. The van der Waals surface area contributed by atoms with Crippen LogP contribution in [0, 0.1) is 13.8 Å². The van der Waals surface area contributed by atoms with Gasteiger partial charge in [0.2, 0.25) is 0 Å². The van der Waals surface area contributed by atoms with E-state index >= 15 is 0 Å². The van der Waals surface area contributed by atoms with Crippen LogP contribution in [0.4, 0.5) is 0 Å². The van der Waals surface area contributed by atoms with Gasteiger partial charge in [0.15, 0.2) is 0 Å². The highest BCUT2D eigenvalue weighted by Crippen LogP contribution is 2.27. The largest absolute Gasteiger partial charge is 0.323 e. The molecule has 0 radical (unpaired) electrons. The van der Waals surface area contributed by atoms with Crippen molar-refractivity contribution in [1.82, 2.24) is 0 Å². The average molecular weight is 292 g/mol. The van der Waals surface area contributed by atoms with Crippen LogP contribution >= 0.6 is 23.4 Å². The van der Waals surface area contributed by atoms with E-state index in [1.807, 2.05) is 19.1 Å². The Bertz CT molecular complexity index is 568. The second-order valence-corrected chi connectivity index (χ2v) is 6.16. The Morgan fingerprint density at radius 2 is 1.84 bits per heavy atom. The molecule has 0 aromatic heterocycles. The lowest BCUT2D eigenvalue weighted by Crippen LogP contribution is -2.13. The summed E-state index contributed by atoms with van der Waals surface area (Å²) in [5.41, 5.74) is 9.71. The minimum Gasteiger partial charge on any atom is -0.323 e. The van der Waals surface area contributed by atoms with Crippen LogP contribution in [0.25, 0.3) is 0 Å². The van der Waals surface area contributed by atoms with Gasteiger partial charge in [-0.2, -0.15) is 0 Å². The molecule has 0 saturated heterocycles. The lowest BCUT2D eigenvalue weighted by Gasteiger charge is -2.13. The molecule has 0 heterocycles. The van der Waals surface area contributed by atoms with Gasteiger partial charge < -0.3 is 5.73 Å². The molecule has 0 spiro atoms. The molecular formula is C16H18ClNS. The summed E-state index contributed by atoms with van der Waals surface area (Å²) in [6.45, 7) is 4.12. The van der Waals surface area contributed by atoms with Crippen LogP contribution in [0.3, 0.4) is 0 Å². The number of aryl methyl sites for hydroxylation is 2. The third-order valence-corrected chi connectivity index (χ3v) is 4.84. The van der Waals surface area contributed by atoms with E-state index in [2.05, 4.69) is 37.3 Å². The predicted octanol–water partition coefficient (Wildman–Crippen LogP) is 4.75. The molecule has 1 atom stereocenters. The van der Waals surface area contributed by atoms with Crippen LogP contribution in [-0.2, 0) is 0 Å². The van der Waals surface area contributed by atoms with E-state index in [1.165, 1.54) is 10.5 Å². The molecule has 1 unspecified atom stereocenters. The molecular weight excluding hydrogens is 274 g/mol. The molecule has 0 aliphatic carbocycles. The van der Waals surface area contributed by atoms with Gasteiger partial charge in [-0.1, -0.05) is 41.9 Å². The molecule has 2 N–H and O–H groups in total. The molecule has 0 fully saturated rings. The van der Waals surface area contributed by atoms with Crippen LogP contribution in [0.2, 0.25) is 5.02 Å². The molecule has 0 amide bonds. The number of benzene rings is 2. The fourth-order valence-corrected chi connectivity index (χ4v) is 3.04. The predicted molar refractivity (Wildman–Crippen MR) is 85.0 cm³/mol. The zero-order valence-corrected chi connectivity index (χ0v) is 12.8. The van der Waals surface area contributed by atoms with Crippen LogP contribution in [0.5, 0.6) is 0 Å². The van der Waals surface area contributed by atoms with Crippen LogP contribution in [0.15, 0.2) is 47.4 Å². The quantitative estimate of drug-likeness (QED) is 0.823. The number of nitrogens with two attached hydrogens (primary N) is 1. The Morgan fingerprint density at radius 1 is 1.11 bits per heavy atom. The second-order valence-electron chi connectivity index (χ2n) is 4.69. The van der Waals surface area contributed by atoms with Gasteiger partial charge in [0.05, 0.1) is 0 Å². The molecule has 19 heavy (non-hydrogen) atoms. The SMILES string of the molecule is Cc1ccc(C(N)CSc2ccccc2C)cc1Cl. The summed E-state index contributed by atoms with van der Waals surface area (Å²) in [5, 5.41) is 0.786. The van der Waals surface area contributed by atoms with Crippen molar-refractivity contribution in [2.75, 3.05) is 5.75 Å². The Labute approximate surface area is 124 Å². The Balaban J connectivity index is 2.03. The fraction of sp³-hybridized carbons (Fsp3) is 0.250. The number of rotatable bonds is 4. The molecule has 100 valence electrons. The first-order chi connectivity index (χ1) is 9.08. The topological polar surface area (TPSA) is 26.0 Å². The highest BCUT2D eigenvalue weighted by atomic mass is 35.5. The van der Waals surface area contributed by atoms with Gasteiger partial charge in [-0.05, 0) is 42.7 Å². The van der Waals surface area contributed by atoms with Crippen LogP contribution in [-0.4, -0.2) is 5.75 Å². The van der Waals surface area contributed by atoms with Crippen molar-refractivity contribution in [1.29, 1.82) is 0 Å². The maximum absolute atomic E-state index is 6.23. The molecule has 2 aromatic rings. The Kier molecular flexibility index (Phi) is 4.92. The molecule has 2 rings (SSSR count). The molecule has 0 saturated carbocycles. The van der Waals surface area contributed by atoms with Gasteiger partial charge in [-0.15, -0.1) is 11.8 Å². The molecule has 0 bridgehead atoms. The first-order valence-electron chi connectivity index (χ1n) is 6.28. The maximum atomic E-state index is 6.23. The number of hydrogen-bond acceptors (Lipinski definition) is 2. The molecule has 0 aliphatic heterocycles. The minimum absolute atomic E-state index is 0.00251. The van der Waals surface area contributed by atoms with Crippen molar-refractivity contribution < 1.29 is 0 Å². The summed E-state index contributed by atoms with van der Waals surface area (Å²) >= 11 is 7.93. The normalized spacial score (nSPS) is 12.4.